The third-order valence-electron chi connectivity index (χ3n) is 5.25. The molecule has 0 amide bonds. The van der Waals surface area contributed by atoms with Crippen LogP contribution in [0.1, 0.15) is 17.2 Å². The van der Waals surface area contributed by atoms with E-state index in [1.807, 2.05) is 36.4 Å². The molecule has 0 heterocycles. The maximum atomic E-state index is 11.2. The molecule has 1 nitrogen and oxygen atoms in total. The zero-order valence-electron chi connectivity index (χ0n) is 16.2. The van der Waals surface area contributed by atoms with Gasteiger partial charge >= 0.3 is 0 Å². The number of allylic oxidation sites excluding steroid dienone is 2. The second-order valence-corrected chi connectivity index (χ2v) is 13.2. The molecule has 0 saturated carbocycles. The van der Waals surface area contributed by atoms with Crippen LogP contribution >= 0.6 is 0 Å². The molecule has 2 aromatic carbocycles. The molecule has 134 valence electrons. The first-order chi connectivity index (χ1) is 13.4. The first-order valence-electron chi connectivity index (χ1n) is 9.57. The zero-order valence-corrected chi connectivity index (χ0v) is 17.2. The van der Waals surface area contributed by atoms with Crippen molar-refractivity contribution in [1.29, 1.82) is 0 Å². The lowest BCUT2D eigenvalue weighted by molar-refractivity contribution is 0.224. The average molecular weight is 377 g/mol. The predicted octanol–water partition coefficient (Wildman–Crippen LogP) is 3.63. The van der Waals surface area contributed by atoms with Gasteiger partial charge in [0.25, 0.3) is 0 Å². The Hall–Kier alpha value is -3.04. The van der Waals surface area contributed by atoms with Crippen molar-refractivity contribution < 1.29 is 5.11 Å². The lowest BCUT2D eigenvalue weighted by Gasteiger charge is -2.20. The summed E-state index contributed by atoms with van der Waals surface area (Å²) >= 11 is 0. The summed E-state index contributed by atoms with van der Waals surface area (Å²) in [5.74, 6) is 3.50. The van der Waals surface area contributed by atoms with Crippen LogP contribution in [0, 0.1) is 11.5 Å². The highest BCUT2D eigenvalue weighted by Crippen LogP contribution is 2.49. The molecular weight excluding hydrogens is 356 g/mol. The van der Waals surface area contributed by atoms with Gasteiger partial charge in [0.15, 0.2) is 0 Å². The van der Waals surface area contributed by atoms with Gasteiger partial charge in [0.2, 0.25) is 0 Å². The van der Waals surface area contributed by atoms with Crippen molar-refractivity contribution in [3.8, 4) is 11.5 Å². The molecule has 5 rings (SSSR count). The molecule has 2 aromatic rings. The Morgan fingerprint density at radius 2 is 1.75 bits per heavy atom. The van der Waals surface area contributed by atoms with Crippen molar-refractivity contribution in [2.24, 2.45) is 0 Å². The highest BCUT2D eigenvalue weighted by molar-refractivity contribution is 6.83. The van der Waals surface area contributed by atoms with E-state index in [0.29, 0.717) is 0 Å². The average Bonchev–Trinajstić information content (AvgIpc) is 2.97. The maximum Gasteiger partial charge on any atom is 0.129 e. The Morgan fingerprint density at radius 1 is 1.00 bits per heavy atom. The molecule has 0 fully saturated rings. The summed E-state index contributed by atoms with van der Waals surface area (Å²) in [5, 5.41) is 13.4. The molecule has 2 heteroatoms. The summed E-state index contributed by atoms with van der Waals surface area (Å²) in [6.07, 6.45) is 1.34. The van der Waals surface area contributed by atoms with Crippen molar-refractivity contribution in [1.82, 2.24) is 0 Å². The van der Waals surface area contributed by atoms with Gasteiger partial charge in [0.1, 0.15) is 14.2 Å². The van der Waals surface area contributed by atoms with Gasteiger partial charge in [0.05, 0.1) is 0 Å². The lowest BCUT2D eigenvalue weighted by atomic mass is 9.83. The molecule has 0 aliphatic heterocycles. The Kier molecular flexibility index (Phi) is 3.65. The number of aliphatic hydroxyl groups is 1. The fourth-order valence-electron chi connectivity index (χ4n) is 4.01. The van der Waals surface area contributed by atoms with Gasteiger partial charge in [-0.25, -0.2) is 0 Å². The molecular formula is C26H20OSi. The first kappa shape index (κ1) is 17.1. The molecule has 0 spiro atoms. The van der Waals surface area contributed by atoms with Crippen molar-refractivity contribution in [3.63, 3.8) is 0 Å². The third kappa shape index (κ3) is 2.54. The Morgan fingerprint density at radius 3 is 2.57 bits per heavy atom. The minimum absolute atomic E-state index is 0.666. The Bertz CT molecular complexity index is 1370. The number of benzene rings is 2. The number of rotatable bonds is 0. The van der Waals surface area contributed by atoms with Crippen LogP contribution < -0.4 is 10.4 Å². The van der Waals surface area contributed by atoms with Crippen molar-refractivity contribution in [2.75, 3.05) is 0 Å². The topological polar surface area (TPSA) is 20.2 Å². The lowest BCUT2D eigenvalue weighted by Crippen LogP contribution is -2.29. The smallest absolute Gasteiger partial charge is 0.129 e. The monoisotopic (exact) mass is 376 g/mol. The summed E-state index contributed by atoms with van der Waals surface area (Å²) < 4.78 is 0. The van der Waals surface area contributed by atoms with E-state index in [4.69, 9.17) is 0 Å². The van der Waals surface area contributed by atoms with Gasteiger partial charge in [0, 0.05) is 33.1 Å². The fraction of sp³-hybridized carbons (Fsp3) is 0.154. The van der Waals surface area contributed by atoms with Gasteiger partial charge in [-0.05, 0) is 28.5 Å². The molecule has 0 radical (unpaired) electrons. The standard InChI is InChI=1S/C26H20OSi/c1-28(2,3)15-14-22-24-18(13-12-17-8-4-5-9-19(17)24)16-23-20-10-6-7-11-21(20)26(27)25(22)23/h4-11,13,26-27H,1-3H3. The summed E-state index contributed by atoms with van der Waals surface area (Å²) in [4.78, 5) is 0. The molecule has 0 bridgehead atoms. The van der Waals surface area contributed by atoms with Crippen LogP contribution in [0.5, 0.6) is 0 Å². The van der Waals surface area contributed by atoms with E-state index < -0.39 is 14.2 Å². The van der Waals surface area contributed by atoms with Crippen LogP contribution in [0.2, 0.25) is 19.6 Å². The summed E-state index contributed by atoms with van der Waals surface area (Å²) in [6, 6.07) is 16.3. The summed E-state index contributed by atoms with van der Waals surface area (Å²) in [7, 11) is -1.59. The van der Waals surface area contributed by atoms with E-state index in [1.54, 1.807) is 0 Å². The van der Waals surface area contributed by atoms with Crippen LogP contribution in [0.15, 0.2) is 77.1 Å². The second-order valence-electron chi connectivity index (χ2n) is 8.40. The SMILES string of the molecule is C[Si](C)(C)C#CC1=C2C(=C=C3C=C=c4ccccc4=C31)c1ccccc1C2O. The molecule has 3 aliphatic rings. The molecule has 1 atom stereocenters. The van der Waals surface area contributed by atoms with Gasteiger partial charge < -0.3 is 5.11 Å². The molecule has 3 aliphatic carbocycles. The number of fused-ring (bicyclic) bond motifs is 5. The van der Waals surface area contributed by atoms with Crippen molar-refractivity contribution in [2.45, 2.75) is 25.7 Å². The predicted molar refractivity (Wildman–Crippen MR) is 117 cm³/mol. The van der Waals surface area contributed by atoms with Gasteiger partial charge in [-0.1, -0.05) is 68.0 Å². The van der Waals surface area contributed by atoms with Crippen molar-refractivity contribution >= 4 is 25.0 Å². The van der Waals surface area contributed by atoms with Crippen LogP contribution in [0.4, 0.5) is 0 Å². The second kappa shape index (κ2) is 5.98. The third-order valence-corrected chi connectivity index (χ3v) is 6.12. The van der Waals surface area contributed by atoms with E-state index in [2.05, 4.69) is 60.8 Å². The van der Waals surface area contributed by atoms with E-state index in [0.717, 1.165) is 49.4 Å². The largest absolute Gasteiger partial charge is 0.384 e. The normalized spacial score (nSPS) is 18.7. The van der Waals surface area contributed by atoms with E-state index >= 15 is 0 Å². The highest BCUT2D eigenvalue weighted by Gasteiger charge is 2.36. The van der Waals surface area contributed by atoms with E-state index in [1.165, 1.54) is 0 Å². The van der Waals surface area contributed by atoms with Crippen molar-refractivity contribution in [3.05, 3.63) is 98.6 Å². The van der Waals surface area contributed by atoms with Gasteiger partial charge in [-0.15, -0.1) is 17.0 Å². The molecule has 0 saturated heterocycles. The highest BCUT2D eigenvalue weighted by atomic mass is 28.3. The van der Waals surface area contributed by atoms with Crippen LogP contribution in [0.3, 0.4) is 0 Å². The van der Waals surface area contributed by atoms with Crippen LogP contribution in [0.25, 0.3) is 16.9 Å². The molecule has 0 aromatic heterocycles. The number of hydrogen-bond acceptors (Lipinski definition) is 1. The number of hydrogen-bond donors (Lipinski definition) is 1. The number of aliphatic hydroxyl groups excluding tert-OH is 1. The Balaban J connectivity index is 1.95. The Labute approximate surface area is 166 Å². The molecule has 1 N–H and O–H groups in total. The minimum Gasteiger partial charge on any atom is -0.384 e. The van der Waals surface area contributed by atoms with E-state index in [-0.39, 0.29) is 0 Å². The fourth-order valence-corrected chi connectivity index (χ4v) is 4.51. The van der Waals surface area contributed by atoms with Gasteiger partial charge in [-0.2, -0.15) is 0 Å². The molecule has 1 unspecified atom stereocenters. The zero-order chi connectivity index (χ0) is 19.5. The van der Waals surface area contributed by atoms with E-state index in [9.17, 15) is 5.11 Å². The van der Waals surface area contributed by atoms with Crippen LogP contribution in [-0.4, -0.2) is 13.2 Å². The van der Waals surface area contributed by atoms with Crippen LogP contribution in [-0.2, 0) is 0 Å². The molecule has 28 heavy (non-hydrogen) atoms. The van der Waals surface area contributed by atoms with Gasteiger partial charge in [-0.3, -0.25) is 0 Å². The summed E-state index contributed by atoms with van der Waals surface area (Å²) in [5.41, 5.74) is 17.4. The first-order valence-corrected chi connectivity index (χ1v) is 13.1. The quantitative estimate of drug-likeness (QED) is 0.423. The minimum atomic E-state index is -1.59. The summed E-state index contributed by atoms with van der Waals surface area (Å²) in [6.45, 7) is 6.73. The maximum absolute atomic E-state index is 11.2.